The van der Waals surface area contributed by atoms with Crippen LogP contribution in [0.2, 0.25) is 0 Å². The molecule has 0 aliphatic carbocycles. The first kappa shape index (κ1) is 17.5. The van der Waals surface area contributed by atoms with Crippen molar-refractivity contribution in [3.05, 3.63) is 59.7 Å². The van der Waals surface area contributed by atoms with Crippen LogP contribution in [0.1, 0.15) is 22.3 Å². The first-order valence-electron chi connectivity index (χ1n) is 8.19. The van der Waals surface area contributed by atoms with Gasteiger partial charge in [-0.05, 0) is 30.4 Å². The highest BCUT2D eigenvalue weighted by Gasteiger charge is 2.13. The zero-order chi connectivity index (χ0) is 18.4. The summed E-state index contributed by atoms with van der Waals surface area (Å²) in [6.07, 6.45) is 3.93. The maximum atomic E-state index is 12.4. The van der Waals surface area contributed by atoms with E-state index in [0.717, 1.165) is 12.0 Å². The SMILES string of the molecule is O=C(O)COc1cccc(C(=O)/C=C/c2cccc3c2OCCCO3)c1. The van der Waals surface area contributed by atoms with Gasteiger partial charge in [0, 0.05) is 17.5 Å². The third kappa shape index (κ3) is 4.42. The Morgan fingerprint density at radius 2 is 1.92 bits per heavy atom. The number of benzene rings is 2. The van der Waals surface area contributed by atoms with Crippen molar-refractivity contribution in [2.24, 2.45) is 0 Å². The van der Waals surface area contributed by atoms with E-state index in [1.54, 1.807) is 24.3 Å². The van der Waals surface area contributed by atoms with Crippen molar-refractivity contribution >= 4 is 17.8 Å². The van der Waals surface area contributed by atoms with Gasteiger partial charge >= 0.3 is 5.97 Å². The second kappa shape index (κ2) is 8.20. The number of carboxylic acid groups (broad SMARTS) is 1. The van der Waals surface area contributed by atoms with Crippen LogP contribution in [0.15, 0.2) is 48.5 Å². The number of allylic oxidation sites excluding steroid dienone is 1. The molecule has 0 aromatic heterocycles. The van der Waals surface area contributed by atoms with Gasteiger partial charge in [0.25, 0.3) is 0 Å². The summed E-state index contributed by atoms with van der Waals surface area (Å²) >= 11 is 0. The molecule has 0 amide bonds. The van der Waals surface area contributed by atoms with Gasteiger partial charge in [-0.1, -0.05) is 24.3 Å². The lowest BCUT2D eigenvalue weighted by atomic mass is 10.1. The van der Waals surface area contributed by atoms with Crippen molar-refractivity contribution in [2.75, 3.05) is 19.8 Å². The number of hydrogen-bond donors (Lipinski definition) is 1. The number of para-hydroxylation sites is 1. The molecule has 0 unspecified atom stereocenters. The molecule has 1 heterocycles. The number of hydrogen-bond acceptors (Lipinski definition) is 5. The molecule has 0 atom stereocenters. The maximum absolute atomic E-state index is 12.4. The zero-order valence-corrected chi connectivity index (χ0v) is 14.0. The van der Waals surface area contributed by atoms with Crippen LogP contribution >= 0.6 is 0 Å². The van der Waals surface area contributed by atoms with E-state index in [4.69, 9.17) is 19.3 Å². The number of aliphatic carboxylic acids is 1. The fourth-order valence-corrected chi connectivity index (χ4v) is 2.49. The van der Waals surface area contributed by atoms with Gasteiger partial charge < -0.3 is 19.3 Å². The molecule has 0 bridgehead atoms. The largest absolute Gasteiger partial charge is 0.490 e. The predicted molar refractivity (Wildman–Crippen MR) is 95.0 cm³/mol. The van der Waals surface area contributed by atoms with E-state index < -0.39 is 12.6 Å². The molecule has 134 valence electrons. The summed E-state index contributed by atoms with van der Waals surface area (Å²) in [7, 11) is 0. The summed E-state index contributed by atoms with van der Waals surface area (Å²) in [5, 5.41) is 8.66. The second-order valence-corrected chi connectivity index (χ2v) is 5.63. The Kier molecular flexibility index (Phi) is 5.53. The van der Waals surface area contributed by atoms with E-state index in [1.807, 2.05) is 18.2 Å². The molecule has 0 fully saturated rings. The summed E-state index contributed by atoms with van der Waals surface area (Å²) in [6.45, 7) is 0.706. The molecule has 6 heteroatoms. The van der Waals surface area contributed by atoms with Crippen LogP contribution in [0, 0.1) is 0 Å². The van der Waals surface area contributed by atoms with Gasteiger partial charge in [0.2, 0.25) is 0 Å². The van der Waals surface area contributed by atoms with Crippen molar-refractivity contribution in [3.8, 4) is 17.2 Å². The van der Waals surface area contributed by atoms with E-state index >= 15 is 0 Å². The third-order valence-electron chi connectivity index (χ3n) is 3.70. The normalized spacial score (nSPS) is 13.2. The number of rotatable bonds is 6. The molecule has 2 aromatic rings. The van der Waals surface area contributed by atoms with Crippen LogP contribution in [0.3, 0.4) is 0 Å². The van der Waals surface area contributed by atoms with Gasteiger partial charge in [-0.2, -0.15) is 0 Å². The predicted octanol–water partition coefficient (Wildman–Crippen LogP) is 3.21. The molecule has 6 nitrogen and oxygen atoms in total. The van der Waals surface area contributed by atoms with Crippen LogP contribution in [-0.2, 0) is 4.79 Å². The van der Waals surface area contributed by atoms with Crippen molar-refractivity contribution in [1.82, 2.24) is 0 Å². The number of carbonyl (C=O) groups is 2. The molecule has 1 aliphatic heterocycles. The van der Waals surface area contributed by atoms with E-state index in [0.29, 0.717) is 36.0 Å². The molecule has 0 saturated carbocycles. The molecule has 2 aromatic carbocycles. The average molecular weight is 354 g/mol. The lowest BCUT2D eigenvalue weighted by molar-refractivity contribution is -0.139. The minimum atomic E-state index is -1.08. The monoisotopic (exact) mass is 354 g/mol. The van der Waals surface area contributed by atoms with Crippen LogP contribution in [0.5, 0.6) is 17.2 Å². The number of ether oxygens (including phenoxy) is 3. The van der Waals surface area contributed by atoms with Gasteiger partial charge in [0.1, 0.15) is 5.75 Å². The first-order valence-corrected chi connectivity index (χ1v) is 8.19. The minimum absolute atomic E-state index is 0.224. The molecular formula is C20H18O6. The standard InChI is InChI=1S/C20H18O6/c21-17(15-5-1-6-16(12-15)26-13-19(22)23)9-8-14-4-2-7-18-20(14)25-11-3-10-24-18/h1-2,4-9,12H,3,10-11,13H2,(H,22,23)/b9-8+. The van der Waals surface area contributed by atoms with Crippen LogP contribution < -0.4 is 14.2 Å². The van der Waals surface area contributed by atoms with Gasteiger partial charge in [0.15, 0.2) is 23.9 Å². The van der Waals surface area contributed by atoms with E-state index in [1.165, 1.54) is 12.1 Å². The van der Waals surface area contributed by atoms with Gasteiger partial charge in [-0.3, -0.25) is 4.79 Å². The molecule has 1 N–H and O–H groups in total. The number of carboxylic acids is 1. The Morgan fingerprint density at radius 3 is 2.77 bits per heavy atom. The fraction of sp³-hybridized carbons (Fsp3) is 0.200. The number of ketones is 1. The van der Waals surface area contributed by atoms with Gasteiger partial charge in [-0.25, -0.2) is 4.79 Å². The van der Waals surface area contributed by atoms with E-state index in [9.17, 15) is 9.59 Å². The summed E-state index contributed by atoms with van der Waals surface area (Å²) in [5.41, 5.74) is 1.17. The second-order valence-electron chi connectivity index (χ2n) is 5.63. The van der Waals surface area contributed by atoms with Gasteiger partial charge in [-0.15, -0.1) is 0 Å². The lowest BCUT2D eigenvalue weighted by Crippen LogP contribution is -2.09. The third-order valence-corrected chi connectivity index (χ3v) is 3.70. The smallest absolute Gasteiger partial charge is 0.341 e. The molecule has 1 aliphatic rings. The minimum Gasteiger partial charge on any atom is -0.490 e. The topological polar surface area (TPSA) is 82.1 Å². The quantitative estimate of drug-likeness (QED) is 0.634. The Hall–Kier alpha value is -3.28. The molecular weight excluding hydrogens is 336 g/mol. The van der Waals surface area contributed by atoms with Crippen LogP contribution in [-0.4, -0.2) is 36.7 Å². The molecule has 26 heavy (non-hydrogen) atoms. The number of fused-ring (bicyclic) bond motifs is 1. The van der Waals surface area contributed by atoms with Crippen LogP contribution in [0.4, 0.5) is 0 Å². The van der Waals surface area contributed by atoms with Crippen molar-refractivity contribution in [3.63, 3.8) is 0 Å². The highest BCUT2D eigenvalue weighted by atomic mass is 16.5. The van der Waals surface area contributed by atoms with E-state index in [2.05, 4.69) is 0 Å². The zero-order valence-electron chi connectivity index (χ0n) is 14.0. The first-order chi connectivity index (χ1) is 12.6. The Morgan fingerprint density at radius 1 is 1.12 bits per heavy atom. The molecule has 0 spiro atoms. The highest BCUT2D eigenvalue weighted by molar-refractivity contribution is 6.07. The molecule has 3 rings (SSSR count). The fourth-order valence-electron chi connectivity index (χ4n) is 2.49. The van der Waals surface area contributed by atoms with Crippen LogP contribution in [0.25, 0.3) is 6.08 Å². The van der Waals surface area contributed by atoms with Crippen molar-refractivity contribution in [2.45, 2.75) is 6.42 Å². The lowest BCUT2D eigenvalue weighted by Gasteiger charge is -2.09. The maximum Gasteiger partial charge on any atom is 0.341 e. The Balaban J connectivity index is 1.76. The number of carbonyl (C=O) groups excluding carboxylic acids is 1. The highest BCUT2D eigenvalue weighted by Crippen LogP contribution is 2.34. The molecule has 0 saturated heterocycles. The van der Waals surface area contributed by atoms with E-state index in [-0.39, 0.29) is 5.78 Å². The van der Waals surface area contributed by atoms with Gasteiger partial charge in [0.05, 0.1) is 13.2 Å². The van der Waals surface area contributed by atoms with Crippen molar-refractivity contribution < 1.29 is 28.9 Å². The average Bonchev–Trinajstić information content (AvgIpc) is 2.90. The summed E-state index contributed by atoms with van der Waals surface area (Å²) in [6, 6.07) is 11.9. The summed E-state index contributed by atoms with van der Waals surface area (Å²) in [4.78, 5) is 23.0. The Bertz CT molecular complexity index is 840. The Labute approximate surface area is 150 Å². The summed E-state index contributed by atoms with van der Waals surface area (Å²) in [5.74, 6) is 0.331. The molecule has 0 radical (unpaired) electrons. The summed E-state index contributed by atoms with van der Waals surface area (Å²) < 4.78 is 16.5. The van der Waals surface area contributed by atoms with Crippen molar-refractivity contribution in [1.29, 1.82) is 0 Å².